The van der Waals surface area contributed by atoms with E-state index >= 15 is 0 Å². The van der Waals surface area contributed by atoms with Crippen LogP contribution < -0.4 is 5.32 Å². The highest BCUT2D eigenvalue weighted by Gasteiger charge is 2.28. The van der Waals surface area contributed by atoms with E-state index in [1.165, 1.54) is 0 Å². The number of carbonyl (C=O) groups excluding carboxylic acids is 3. The van der Waals surface area contributed by atoms with Crippen LogP contribution in [0.4, 0.5) is 0 Å². The molecule has 1 rings (SSSR count). The van der Waals surface area contributed by atoms with Gasteiger partial charge in [-0.15, -0.1) is 0 Å². The smallest absolute Gasteiger partial charge is 0.309 e. The van der Waals surface area contributed by atoms with E-state index < -0.39 is 5.41 Å². The molecule has 1 aliphatic heterocycles. The third kappa shape index (κ3) is 6.59. The lowest BCUT2D eigenvalue weighted by atomic mass is 9.95. The lowest BCUT2D eigenvalue weighted by Crippen LogP contribution is -2.41. The van der Waals surface area contributed by atoms with Gasteiger partial charge >= 0.3 is 5.97 Å². The van der Waals surface area contributed by atoms with Crippen LogP contribution in [0.5, 0.6) is 0 Å². The monoisotopic (exact) mass is 326 g/mol. The Balaban J connectivity index is 2.22. The second kappa shape index (κ2) is 8.89. The van der Waals surface area contributed by atoms with Crippen molar-refractivity contribution in [2.24, 2.45) is 11.3 Å². The van der Waals surface area contributed by atoms with Crippen molar-refractivity contribution in [1.29, 1.82) is 0 Å². The molecule has 132 valence electrons. The molecule has 1 aliphatic rings. The summed E-state index contributed by atoms with van der Waals surface area (Å²) < 4.78 is 5.02. The minimum atomic E-state index is -0.404. The molecule has 2 amide bonds. The van der Waals surface area contributed by atoms with E-state index in [-0.39, 0.29) is 23.7 Å². The fourth-order valence-electron chi connectivity index (χ4n) is 2.49. The molecule has 23 heavy (non-hydrogen) atoms. The molecule has 6 nitrogen and oxygen atoms in total. The van der Waals surface area contributed by atoms with E-state index in [0.717, 1.165) is 0 Å². The zero-order valence-electron chi connectivity index (χ0n) is 14.8. The second-order valence-corrected chi connectivity index (χ2v) is 7.02. The number of carbonyl (C=O) groups is 3. The van der Waals surface area contributed by atoms with Crippen molar-refractivity contribution >= 4 is 17.8 Å². The largest absolute Gasteiger partial charge is 0.466 e. The Kier molecular flexibility index (Phi) is 7.52. The fraction of sp³-hybridized carbons (Fsp3) is 0.824. The third-order valence-corrected chi connectivity index (χ3v) is 4.00. The number of likely N-dealkylation sites (tertiary alicyclic amines) is 1. The SMILES string of the molecule is CCOC(=O)C1CCN(C(=O)CCCNC(=O)C(C)(C)C)CC1. The molecule has 0 saturated carbocycles. The maximum atomic E-state index is 12.1. The number of ether oxygens (including phenoxy) is 1. The van der Waals surface area contributed by atoms with Crippen LogP contribution in [-0.2, 0) is 19.1 Å². The Morgan fingerprint density at radius 1 is 1.17 bits per heavy atom. The maximum absolute atomic E-state index is 12.1. The summed E-state index contributed by atoms with van der Waals surface area (Å²) in [6.45, 7) is 9.52. The molecule has 1 fully saturated rings. The average Bonchev–Trinajstić information content (AvgIpc) is 2.50. The Morgan fingerprint density at radius 3 is 2.30 bits per heavy atom. The van der Waals surface area contributed by atoms with E-state index in [4.69, 9.17) is 4.74 Å². The fourth-order valence-corrected chi connectivity index (χ4v) is 2.49. The number of nitrogens with zero attached hydrogens (tertiary/aromatic N) is 1. The highest BCUT2D eigenvalue weighted by Crippen LogP contribution is 2.19. The minimum Gasteiger partial charge on any atom is -0.466 e. The first kappa shape index (κ1) is 19.5. The van der Waals surface area contributed by atoms with E-state index in [2.05, 4.69) is 5.32 Å². The first-order valence-corrected chi connectivity index (χ1v) is 8.48. The molecule has 1 saturated heterocycles. The Hall–Kier alpha value is -1.59. The van der Waals surface area contributed by atoms with Gasteiger partial charge < -0.3 is 15.0 Å². The topological polar surface area (TPSA) is 75.7 Å². The number of nitrogens with one attached hydrogen (secondary N) is 1. The molecule has 0 bridgehead atoms. The highest BCUT2D eigenvalue weighted by molar-refractivity contribution is 5.81. The van der Waals surface area contributed by atoms with Crippen LogP contribution in [0.15, 0.2) is 0 Å². The first-order valence-electron chi connectivity index (χ1n) is 8.48. The summed E-state index contributed by atoms with van der Waals surface area (Å²) >= 11 is 0. The number of esters is 1. The molecule has 1 N–H and O–H groups in total. The molecule has 0 spiro atoms. The van der Waals surface area contributed by atoms with Crippen LogP contribution >= 0.6 is 0 Å². The standard InChI is InChI=1S/C17H30N2O4/c1-5-23-15(21)13-8-11-19(12-9-13)14(20)7-6-10-18-16(22)17(2,3)4/h13H,5-12H2,1-4H3,(H,18,22). The van der Waals surface area contributed by atoms with Crippen molar-refractivity contribution in [2.75, 3.05) is 26.2 Å². The van der Waals surface area contributed by atoms with E-state index in [1.54, 1.807) is 11.8 Å². The van der Waals surface area contributed by atoms with Crippen LogP contribution in [0, 0.1) is 11.3 Å². The number of hydrogen-bond donors (Lipinski definition) is 1. The van der Waals surface area contributed by atoms with Gasteiger partial charge in [0.05, 0.1) is 12.5 Å². The van der Waals surface area contributed by atoms with Gasteiger partial charge in [0.25, 0.3) is 0 Å². The van der Waals surface area contributed by atoms with Gasteiger partial charge in [0.2, 0.25) is 11.8 Å². The first-order chi connectivity index (χ1) is 10.8. The van der Waals surface area contributed by atoms with Gasteiger partial charge in [-0.05, 0) is 26.2 Å². The van der Waals surface area contributed by atoms with E-state index in [1.807, 2.05) is 20.8 Å². The minimum absolute atomic E-state index is 0.000185. The maximum Gasteiger partial charge on any atom is 0.309 e. The summed E-state index contributed by atoms with van der Waals surface area (Å²) in [6, 6.07) is 0. The van der Waals surface area contributed by atoms with Crippen molar-refractivity contribution in [3.05, 3.63) is 0 Å². The van der Waals surface area contributed by atoms with Crippen LogP contribution in [0.25, 0.3) is 0 Å². The Morgan fingerprint density at radius 2 is 1.78 bits per heavy atom. The summed E-state index contributed by atoms with van der Waals surface area (Å²) in [5, 5.41) is 2.85. The van der Waals surface area contributed by atoms with Gasteiger partial charge in [-0.3, -0.25) is 14.4 Å². The van der Waals surface area contributed by atoms with Gasteiger partial charge in [-0.2, -0.15) is 0 Å². The molecule has 0 radical (unpaired) electrons. The number of amides is 2. The van der Waals surface area contributed by atoms with Crippen molar-refractivity contribution in [3.8, 4) is 0 Å². The molecule has 0 aromatic rings. The zero-order chi connectivity index (χ0) is 17.5. The van der Waals surface area contributed by atoms with Crippen LogP contribution in [0.1, 0.15) is 53.4 Å². The molecule has 0 atom stereocenters. The predicted molar refractivity (Wildman–Crippen MR) is 87.6 cm³/mol. The zero-order valence-corrected chi connectivity index (χ0v) is 14.8. The summed E-state index contributed by atoms with van der Waals surface area (Å²) in [4.78, 5) is 37.3. The average molecular weight is 326 g/mol. The number of piperidine rings is 1. The molecule has 0 aromatic carbocycles. The number of rotatable bonds is 6. The number of hydrogen-bond acceptors (Lipinski definition) is 4. The molecule has 0 unspecified atom stereocenters. The van der Waals surface area contributed by atoms with E-state index in [0.29, 0.717) is 51.9 Å². The van der Waals surface area contributed by atoms with E-state index in [9.17, 15) is 14.4 Å². The molecule has 0 aliphatic carbocycles. The van der Waals surface area contributed by atoms with Crippen molar-refractivity contribution in [1.82, 2.24) is 10.2 Å². The van der Waals surface area contributed by atoms with Crippen LogP contribution in [0.3, 0.4) is 0 Å². The molecular formula is C17H30N2O4. The Labute approximate surface area is 138 Å². The summed E-state index contributed by atoms with van der Waals surface area (Å²) in [5.74, 6) is -0.132. The van der Waals surface area contributed by atoms with Gasteiger partial charge in [0.15, 0.2) is 0 Å². The summed E-state index contributed by atoms with van der Waals surface area (Å²) in [7, 11) is 0. The van der Waals surface area contributed by atoms with Gasteiger partial charge in [-0.25, -0.2) is 0 Å². The quantitative estimate of drug-likeness (QED) is 0.596. The van der Waals surface area contributed by atoms with Crippen LogP contribution in [-0.4, -0.2) is 48.9 Å². The molecule has 6 heteroatoms. The van der Waals surface area contributed by atoms with Crippen molar-refractivity contribution in [2.45, 2.75) is 53.4 Å². The lowest BCUT2D eigenvalue weighted by Gasteiger charge is -2.31. The molecule has 0 aromatic heterocycles. The van der Waals surface area contributed by atoms with Gasteiger partial charge in [-0.1, -0.05) is 20.8 Å². The lowest BCUT2D eigenvalue weighted by molar-refractivity contribution is -0.151. The summed E-state index contributed by atoms with van der Waals surface area (Å²) in [6.07, 6.45) is 2.41. The van der Waals surface area contributed by atoms with Crippen molar-refractivity contribution in [3.63, 3.8) is 0 Å². The molecule has 1 heterocycles. The van der Waals surface area contributed by atoms with Gasteiger partial charge in [0.1, 0.15) is 0 Å². The second-order valence-electron chi connectivity index (χ2n) is 7.02. The predicted octanol–water partition coefficient (Wildman–Crippen LogP) is 1.73. The van der Waals surface area contributed by atoms with Crippen molar-refractivity contribution < 1.29 is 19.1 Å². The highest BCUT2D eigenvalue weighted by atomic mass is 16.5. The normalized spacial score (nSPS) is 16.1. The molecular weight excluding hydrogens is 296 g/mol. The van der Waals surface area contributed by atoms with Crippen LogP contribution in [0.2, 0.25) is 0 Å². The Bertz CT molecular complexity index is 421. The third-order valence-electron chi connectivity index (χ3n) is 4.00. The summed E-state index contributed by atoms with van der Waals surface area (Å²) in [5.41, 5.74) is -0.404. The van der Waals surface area contributed by atoms with Gasteiger partial charge in [0, 0.05) is 31.5 Å².